The normalized spacial score (nSPS) is 23.4. The highest BCUT2D eigenvalue weighted by molar-refractivity contribution is 6.29. The number of fused-ring (bicyclic) bond motifs is 1. The van der Waals surface area contributed by atoms with Gasteiger partial charge in [-0.05, 0) is 71.3 Å². The fraction of sp³-hybridized carbons (Fsp3) is 0.657. The highest BCUT2D eigenvalue weighted by Gasteiger charge is 2.51. The molecule has 0 aromatic carbocycles. The van der Waals surface area contributed by atoms with Crippen LogP contribution in [0.4, 0.5) is 10.2 Å². The molecule has 4 heterocycles. The van der Waals surface area contributed by atoms with E-state index in [1.807, 2.05) is 33.8 Å². The van der Waals surface area contributed by atoms with Gasteiger partial charge in [0, 0.05) is 42.8 Å². The van der Waals surface area contributed by atoms with E-state index in [1.54, 1.807) is 0 Å². The Morgan fingerprint density at radius 2 is 2.00 bits per heavy atom. The number of nitriles is 1. The summed E-state index contributed by atoms with van der Waals surface area (Å²) in [5.74, 6) is -0.973. The lowest BCUT2D eigenvalue weighted by Gasteiger charge is -2.49. The van der Waals surface area contributed by atoms with Crippen molar-refractivity contribution in [1.29, 1.82) is 5.26 Å². The van der Waals surface area contributed by atoms with E-state index in [0.717, 1.165) is 79.2 Å². The van der Waals surface area contributed by atoms with Gasteiger partial charge in [0.15, 0.2) is 5.83 Å². The lowest BCUT2D eigenvalue weighted by Crippen LogP contribution is -2.61. The molecular formula is C35H52ClFN6O2. The Morgan fingerprint density at radius 3 is 2.58 bits per heavy atom. The van der Waals surface area contributed by atoms with Crippen LogP contribution in [0.15, 0.2) is 35.2 Å². The molecule has 0 bridgehead atoms. The maximum atomic E-state index is 13.8. The van der Waals surface area contributed by atoms with Gasteiger partial charge in [0.25, 0.3) is 5.91 Å². The summed E-state index contributed by atoms with van der Waals surface area (Å²) in [7, 11) is 0. The van der Waals surface area contributed by atoms with E-state index in [9.17, 15) is 14.4 Å². The summed E-state index contributed by atoms with van der Waals surface area (Å²) < 4.78 is 20.2. The number of piperazine rings is 1. The van der Waals surface area contributed by atoms with Crippen LogP contribution in [0.1, 0.15) is 97.7 Å². The lowest BCUT2D eigenvalue weighted by molar-refractivity contribution is -0.131. The standard InChI is InChI=1S/C33H46ClFN6O2.C2H6/c1-6-9-26(24(4)34)11-8-12-29-28(10-7-2)30(39-19-20-40(31(42)25(5)35)27(21-39)14-17-36)38-32(37-29)43-22-33-15-13-23(3)41(33)18-16-33;1-2/h6,9,23,27H,5,7-8,10-16,18-22H2,1-4H3;1-2H3/b9-6-,26-24-;/t23-,27?,33?;/m1./s1. The molecule has 45 heavy (non-hydrogen) atoms. The molecule has 3 atom stereocenters. The molecule has 8 nitrogen and oxygen atoms in total. The third-order valence-corrected chi connectivity index (χ3v) is 9.52. The molecule has 2 unspecified atom stereocenters. The molecule has 3 aliphatic rings. The van der Waals surface area contributed by atoms with Crippen LogP contribution in [0.2, 0.25) is 0 Å². The molecule has 3 saturated heterocycles. The third-order valence-electron chi connectivity index (χ3n) is 9.28. The predicted octanol–water partition coefficient (Wildman–Crippen LogP) is 7.29. The van der Waals surface area contributed by atoms with E-state index in [1.165, 1.54) is 11.3 Å². The SMILES string of the molecule is C=C(F)C(=O)N1CCN(c2nc(OCC34CC[C@@H](C)N3CC4)nc(CCCC(/C=C\C)=C(/C)Cl)c2CCC)CC1CC#N.CC. The Kier molecular flexibility index (Phi) is 13.9. The number of hydrogen-bond acceptors (Lipinski definition) is 7. The Labute approximate surface area is 275 Å². The molecule has 10 heteroatoms. The minimum absolute atomic E-state index is 0.0634. The van der Waals surface area contributed by atoms with E-state index < -0.39 is 17.8 Å². The zero-order chi connectivity index (χ0) is 33.1. The van der Waals surface area contributed by atoms with Crippen molar-refractivity contribution in [1.82, 2.24) is 19.8 Å². The maximum Gasteiger partial charge on any atom is 0.318 e. The summed E-state index contributed by atoms with van der Waals surface area (Å²) in [6.45, 7) is 18.3. The van der Waals surface area contributed by atoms with Crippen LogP contribution >= 0.6 is 11.6 Å². The van der Waals surface area contributed by atoms with Gasteiger partial charge in [0.2, 0.25) is 0 Å². The van der Waals surface area contributed by atoms with Crippen LogP contribution in [0.3, 0.4) is 0 Å². The molecular weight excluding hydrogens is 591 g/mol. The molecule has 4 rings (SSSR count). The van der Waals surface area contributed by atoms with E-state index in [0.29, 0.717) is 31.7 Å². The minimum Gasteiger partial charge on any atom is -0.461 e. The number of ether oxygens (including phenoxy) is 1. The number of halogens is 2. The van der Waals surface area contributed by atoms with Gasteiger partial charge in [0.1, 0.15) is 12.4 Å². The monoisotopic (exact) mass is 642 g/mol. The molecule has 0 aliphatic carbocycles. The summed E-state index contributed by atoms with van der Waals surface area (Å²) >= 11 is 6.37. The van der Waals surface area contributed by atoms with E-state index in [-0.39, 0.29) is 18.5 Å². The summed E-state index contributed by atoms with van der Waals surface area (Å²) in [6.07, 6.45) is 11.7. The van der Waals surface area contributed by atoms with Crippen LogP contribution in [-0.4, -0.2) is 76.1 Å². The molecule has 248 valence electrons. The lowest BCUT2D eigenvalue weighted by atomic mass is 9.86. The van der Waals surface area contributed by atoms with E-state index in [4.69, 9.17) is 26.3 Å². The van der Waals surface area contributed by atoms with Crippen molar-refractivity contribution in [2.75, 3.05) is 37.7 Å². The number of allylic oxidation sites excluding steroid dienone is 4. The Morgan fingerprint density at radius 1 is 1.24 bits per heavy atom. The first-order valence-corrected chi connectivity index (χ1v) is 17.1. The third kappa shape index (κ3) is 8.65. The Bertz CT molecular complexity index is 1290. The van der Waals surface area contributed by atoms with Crippen LogP contribution in [0.25, 0.3) is 0 Å². The number of hydrogen-bond donors (Lipinski definition) is 0. The van der Waals surface area contributed by atoms with E-state index in [2.05, 4.69) is 42.4 Å². The molecule has 0 spiro atoms. The quantitative estimate of drug-likeness (QED) is 0.165. The van der Waals surface area contributed by atoms with Crippen molar-refractivity contribution in [2.45, 2.75) is 117 Å². The van der Waals surface area contributed by atoms with E-state index >= 15 is 0 Å². The number of aromatic nitrogens is 2. The minimum atomic E-state index is -1.01. The highest BCUT2D eigenvalue weighted by Crippen LogP contribution is 2.44. The fourth-order valence-electron chi connectivity index (χ4n) is 6.88. The highest BCUT2D eigenvalue weighted by atomic mass is 35.5. The Hall–Kier alpha value is -2.96. The van der Waals surface area contributed by atoms with Crippen molar-refractivity contribution in [2.24, 2.45) is 0 Å². The number of carbonyl (C=O) groups is 1. The number of aryl methyl sites for hydroxylation is 1. The van der Waals surface area contributed by atoms with Gasteiger partial charge in [-0.1, -0.05) is 57.5 Å². The molecule has 3 aliphatic heterocycles. The number of rotatable bonds is 13. The van der Waals surface area contributed by atoms with Crippen LogP contribution in [0.5, 0.6) is 6.01 Å². The first kappa shape index (κ1) is 36.5. The van der Waals surface area contributed by atoms with Crippen molar-refractivity contribution in [3.05, 3.63) is 46.4 Å². The number of amides is 1. The van der Waals surface area contributed by atoms with Gasteiger partial charge in [0.05, 0.1) is 29.8 Å². The number of nitrogens with zero attached hydrogens (tertiary/aromatic N) is 6. The summed E-state index contributed by atoms with van der Waals surface area (Å²) in [5.41, 5.74) is 3.20. The van der Waals surface area contributed by atoms with Crippen molar-refractivity contribution < 1.29 is 13.9 Å². The second-order valence-electron chi connectivity index (χ2n) is 12.1. The molecule has 1 amide bonds. The number of anilines is 1. The molecule has 1 aromatic heterocycles. The predicted molar refractivity (Wildman–Crippen MR) is 180 cm³/mol. The largest absolute Gasteiger partial charge is 0.461 e. The summed E-state index contributed by atoms with van der Waals surface area (Å²) in [5, 5.41) is 10.3. The first-order valence-electron chi connectivity index (χ1n) is 16.7. The van der Waals surface area contributed by atoms with Gasteiger partial charge in [-0.15, -0.1) is 0 Å². The van der Waals surface area contributed by atoms with Crippen LogP contribution in [-0.2, 0) is 17.6 Å². The van der Waals surface area contributed by atoms with Gasteiger partial charge < -0.3 is 14.5 Å². The second kappa shape index (κ2) is 17.1. The molecule has 0 saturated carbocycles. The van der Waals surface area contributed by atoms with Gasteiger partial charge in [-0.2, -0.15) is 15.2 Å². The van der Waals surface area contributed by atoms with Crippen molar-refractivity contribution in [3.8, 4) is 12.1 Å². The summed E-state index contributed by atoms with van der Waals surface area (Å²) in [4.78, 5) is 28.6. The van der Waals surface area contributed by atoms with Crippen molar-refractivity contribution >= 4 is 23.3 Å². The smallest absolute Gasteiger partial charge is 0.318 e. The summed E-state index contributed by atoms with van der Waals surface area (Å²) in [6, 6.07) is 2.63. The molecule has 0 N–H and O–H groups in total. The molecule has 0 radical (unpaired) electrons. The van der Waals surface area contributed by atoms with Crippen molar-refractivity contribution in [3.63, 3.8) is 0 Å². The first-order chi connectivity index (χ1) is 21.6. The zero-order valence-corrected chi connectivity index (χ0v) is 28.9. The Balaban J connectivity index is 0.00000271. The fourth-order valence-corrected chi connectivity index (χ4v) is 7.03. The topological polar surface area (TPSA) is 85.6 Å². The van der Waals surface area contributed by atoms with Crippen LogP contribution in [0, 0.1) is 11.3 Å². The van der Waals surface area contributed by atoms with Gasteiger partial charge in [-0.3, -0.25) is 9.69 Å². The number of carbonyl (C=O) groups excluding carboxylic acids is 1. The van der Waals surface area contributed by atoms with Gasteiger partial charge >= 0.3 is 6.01 Å². The maximum absolute atomic E-state index is 13.8. The second-order valence-corrected chi connectivity index (χ2v) is 12.7. The average molecular weight is 643 g/mol. The zero-order valence-electron chi connectivity index (χ0n) is 28.2. The molecule has 1 aromatic rings. The van der Waals surface area contributed by atoms with Gasteiger partial charge in [-0.25, -0.2) is 4.39 Å². The van der Waals surface area contributed by atoms with Crippen LogP contribution < -0.4 is 9.64 Å². The average Bonchev–Trinajstić information content (AvgIpc) is 3.23. The molecule has 3 fully saturated rings.